The average molecular weight is 317 g/mol. The van der Waals surface area contributed by atoms with Crippen molar-refractivity contribution in [2.75, 3.05) is 25.2 Å². The molecule has 0 spiro atoms. The van der Waals surface area contributed by atoms with Crippen molar-refractivity contribution in [3.8, 4) is 0 Å². The molecule has 4 heteroatoms. The number of ether oxygens (including phenoxy) is 2. The standard InChI is InChI=1S/C14H18BrFO2/c15-10-14(5-7-17-8-6-14)11-18-9-12-3-1-2-4-13(12)16/h1-4H,5-11H2. The Morgan fingerprint density at radius 1 is 1.28 bits per heavy atom. The Morgan fingerprint density at radius 3 is 2.67 bits per heavy atom. The van der Waals surface area contributed by atoms with Gasteiger partial charge in [0.15, 0.2) is 0 Å². The van der Waals surface area contributed by atoms with E-state index in [9.17, 15) is 4.39 Å². The molecule has 2 rings (SSSR count). The van der Waals surface area contributed by atoms with Crippen molar-refractivity contribution in [3.05, 3.63) is 35.6 Å². The second-order valence-electron chi connectivity index (χ2n) is 4.83. The van der Waals surface area contributed by atoms with Crippen molar-refractivity contribution >= 4 is 15.9 Å². The molecule has 0 amide bonds. The fraction of sp³-hybridized carbons (Fsp3) is 0.571. The van der Waals surface area contributed by atoms with Crippen LogP contribution in [-0.4, -0.2) is 25.2 Å². The molecule has 1 aliphatic rings. The quantitative estimate of drug-likeness (QED) is 0.774. The minimum atomic E-state index is -0.197. The van der Waals surface area contributed by atoms with Gasteiger partial charge in [-0.3, -0.25) is 0 Å². The highest BCUT2D eigenvalue weighted by molar-refractivity contribution is 9.09. The lowest BCUT2D eigenvalue weighted by Gasteiger charge is -2.35. The Balaban J connectivity index is 1.85. The fourth-order valence-corrected chi connectivity index (χ4v) is 2.84. The van der Waals surface area contributed by atoms with Crippen LogP contribution in [0.3, 0.4) is 0 Å². The molecule has 0 atom stereocenters. The molecule has 1 heterocycles. The van der Waals surface area contributed by atoms with Gasteiger partial charge in [0.05, 0.1) is 13.2 Å². The minimum absolute atomic E-state index is 0.142. The van der Waals surface area contributed by atoms with E-state index in [0.717, 1.165) is 31.4 Å². The Labute approximate surface area is 116 Å². The zero-order chi connectivity index (χ0) is 12.8. The first kappa shape index (κ1) is 14.0. The second kappa shape index (κ2) is 6.64. The fourth-order valence-electron chi connectivity index (χ4n) is 2.11. The summed E-state index contributed by atoms with van der Waals surface area (Å²) >= 11 is 3.56. The zero-order valence-corrected chi connectivity index (χ0v) is 11.9. The van der Waals surface area contributed by atoms with Crippen molar-refractivity contribution in [3.63, 3.8) is 0 Å². The van der Waals surface area contributed by atoms with Crippen LogP contribution in [-0.2, 0) is 16.1 Å². The van der Waals surface area contributed by atoms with Crippen molar-refractivity contribution in [2.24, 2.45) is 5.41 Å². The molecule has 0 aromatic heterocycles. The zero-order valence-electron chi connectivity index (χ0n) is 10.3. The highest BCUT2D eigenvalue weighted by Crippen LogP contribution is 2.33. The van der Waals surface area contributed by atoms with Gasteiger partial charge >= 0.3 is 0 Å². The first-order valence-electron chi connectivity index (χ1n) is 6.21. The first-order valence-corrected chi connectivity index (χ1v) is 7.33. The monoisotopic (exact) mass is 316 g/mol. The lowest BCUT2D eigenvalue weighted by Crippen LogP contribution is -2.35. The van der Waals surface area contributed by atoms with Crippen molar-refractivity contribution in [2.45, 2.75) is 19.4 Å². The van der Waals surface area contributed by atoms with Crippen LogP contribution in [0.2, 0.25) is 0 Å². The maximum atomic E-state index is 13.4. The van der Waals surface area contributed by atoms with Crippen LogP contribution in [0.25, 0.3) is 0 Å². The topological polar surface area (TPSA) is 18.5 Å². The Hall–Kier alpha value is -0.450. The molecule has 18 heavy (non-hydrogen) atoms. The third-order valence-electron chi connectivity index (χ3n) is 3.46. The molecule has 1 saturated heterocycles. The number of alkyl halides is 1. The van der Waals surface area contributed by atoms with E-state index in [1.54, 1.807) is 12.1 Å². The molecule has 0 unspecified atom stereocenters. The van der Waals surface area contributed by atoms with E-state index in [1.807, 2.05) is 6.07 Å². The summed E-state index contributed by atoms with van der Waals surface area (Å²) in [5.74, 6) is -0.197. The summed E-state index contributed by atoms with van der Waals surface area (Å²) in [4.78, 5) is 0. The van der Waals surface area contributed by atoms with E-state index in [4.69, 9.17) is 9.47 Å². The van der Waals surface area contributed by atoms with Crippen molar-refractivity contribution in [1.82, 2.24) is 0 Å². The molecular weight excluding hydrogens is 299 g/mol. The van der Waals surface area contributed by atoms with Crippen LogP contribution in [0.1, 0.15) is 18.4 Å². The summed E-state index contributed by atoms with van der Waals surface area (Å²) in [7, 11) is 0. The molecule has 0 radical (unpaired) electrons. The highest BCUT2D eigenvalue weighted by Gasteiger charge is 2.31. The molecule has 0 saturated carbocycles. The summed E-state index contributed by atoms with van der Waals surface area (Å²) in [6.07, 6.45) is 1.99. The van der Waals surface area contributed by atoms with Gasteiger partial charge in [-0.25, -0.2) is 4.39 Å². The minimum Gasteiger partial charge on any atom is -0.381 e. The van der Waals surface area contributed by atoms with Crippen LogP contribution < -0.4 is 0 Å². The Morgan fingerprint density at radius 2 is 2.00 bits per heavy atom. The molecule has 0 aliphatic carbocycles. The van der Waals surface area contributed by atoms with Gasteiger partial charge in [0.1, 0.15) is 5.82 Å². The molecule has 1 fully saturated rings. The summed E-state index contributed by atoms with van der Waals surface area (Å²) < 4.78 is 24.5. The number of hydrogen-bond acceptors (Lipinski definition) is 2. The molecular formula is C14H18BrFO2. The van der Waals surface area contributed by atoms with E-state index in [-0.39, 0.29) is 11.2 Å². The SMILES string of the molecule is Fc1ccccc1COCC1(CBr)CCOCC1. The predicted octanol–water partition coefficient (Wildman–Crippen LogP) is 3.53. The van der Waals surface area contributed by atoms with Gasteiger partial charge < -0.3 is 9.47 Å². The lowest BCUT2D eigenvalue weighted by atomic mass is 9.83. The van der Waals surface area contributed by atoms with Crippen molar-refractivity contribution < 1.29 is 13.9 Å². The summed E-state index contributed by atoms with van der Waals surface area (Å²) in [5.41, 5.74) is 0.762. The van der Waals surface area contributed by atoms with Crippen LogP contribution in [0.5, 0.6) is 0 Å². The normalized spacial score (nSPS) is 18.8. The van der Waals surface area contributed by atoms with E-state index in [1.165, 1.54) is 6.07 Å². The van der Waals surface area contributed by atoms with Gasteiger partial charge in [-0.05, 0) is 18.9 Å². The van der Waals surface area contributed by atoms with Gasteiger partial charge in [0.25, 0.3) is 0 Å². The van der Waals surface area contributed by atoms with Gasteiger partial charge in [-0.1, -0.05) is 34.1 Å². The van der Waals surface area contributed by atoms with Crippen molar-refractivity contribution in [1.29, 1.82) is 0 Å². The summed E-state index contributed by atoms with van der Waals surface area (Å²) in [6.45, 7) is 2.56. The first-order chi connectivity index (χ1) is 8.76. The molecule has 1 aliphatic heterocycles. The van der Waals surface area contributed by atoms with E-state index < -0.39 is 0 Å². The third-order valence-corrected chi connectivity index (χ3v) is 4.65. The largest absolute Gasteiger partial charge is 0.381 e. The third kappa shape index (κ3) is 3.53. The lowest BCUT2D eigenvalue weighted by molar-refractivity contribution is -0.0315. The second-order valence-corrected chi connectivity index (χ2v) is 5.39. The molecule has 0 bridgehead atoms. The van der Waals surface area contributed by atoms with Gasteiger partial charge in [-0.2, -0.15) is 0 Å². The number of rotatable bonds is 5. The molecule has 100 valence electrons. The van der Waals surface area contributed by atoms with Crippen LogP contribution in [0, 0.1) is 11.2 Å². The highest BCUT2D eigenvalue weighted by atomic mass is 79.9. The number of hydrogen-bond donors (Lipinski definition) is 0. The predicted molar refractivity (Wildman–Crippen MR) is 72.3 cm³/mol. The van der Waals surface area contributed by atoms with Gasteiger partial charge in [0, 0.05) is 29.5 Å². The Bertz CT molecular complexity index is 378. The number of benzene rings is 1. The van der Waals surface area contributed by atoms with Crippen LogP contribution in [0.4, 0.5) is 4.39 Å². The van der Waals surface area contributed by atoms with Gasteiger partial charge in [-0.15, -0.1) is 0 Å². The summed E-state index contributed by atoms with van der Waals surface area (Å²) in [5, 5.41) is 0.903. The molecule has 1 aromatic carbocycles. The Kier molecular flexibility index (Phi) is 5.15. The van der Waals surface area contributed by atoms with Crippen LogP contribution >= 0.6 is 15.9 Å². The maximum absolute atomic E-state index is 13.4. The average Bonchev–Trinajstić information content (AvgIpc) is 2.42. The molecule has 2 nitrogen and oxygen atoms in total. The summed E-state index contributed by atoms with van der Waals surface area (Å²) in [6, 6.07) is 6.75. The molecule has 0 N–H and O–H groups in total. The molecule has 1 aromatic rings. The smallest absolute Gasteiger partial charge is 0.128 e. The van der Waals surface area contributed by atoms with Gasteiger partial charge in [0.2, 0.25) is 0 Å². The van der Waals surface area contributed by atoms with E-state index in [0.29, 0.717) is 18.8 Å². The van der Waals surface area contributed by atoms with E-state index in [2.05, 4.69) is 15.9 Å². The van der Waals surface area contributed by atoms with E-state index >= 15 is 0 Å². The van der Waals surface area contributed by atoms with Crippen LogP contribution in [0.15, 0.2) is 24.3 Å². The number of halogens is 2. The maximum Gasteiger partial charge on any atom is 0.128 e.